The third-order valence-corrected chi connectivity index (χ3v) is 7.87. The van der Waals surface area contributed by atoms with Gasteiger partial charge in [-0.2, -0.15) is 10.2 Å². The zero-order valence-corrected chi connectivity index (χ0v) is 24.5. The Labute approximate surface area is 249 Å². The number of hydrogen-bond donors (Lipinski definition) is 2. The summed E-state index contributed by atoms with van der Waals surface area (Å²) < 4.78 is 34.6. The minimum Gasteiger partial charge on any atom is -0.490 e. The lowest BCUT2D eigenvalue weighted by molar-refractivity contribution is -0.136. The highest BCUT2D eigenvalue weighted by atomic mass is 19.1. The number of halogens is 2. The van der Waals surface area contributed by atoms with E-state index in [9.17, 15) is 14.3 Å². The number of aryl methyl sites for hydroxylation is 1. The van der Waals surface area contributed by atoms with Crippen molar-refractivity contribution >= 4 is 23.2 Å². The smallest absolute Gasteiger partial charge is 0.307 e. The second kappa shape index (κ2) is 12.7. The molecule has 0 aliphatic carbocycles. The first kappa shape index (κ1) is 29.9. The predicted octanol–water partition coefficient (Wildman–Crippen LogP) is 6.74. The van der Waals surface area contributed by atoms with Crippen LogP contribution in [0.2, 0.25) is 0 Å². The lowest BCUT2D eigenvalue weighted by Crippen LogP contribution is -2.38. The summed E-state index contributed by atoms with van der Waals surface area (Å²) >= 11 is 0. The van der Waals surface area contributed by atoms with E-state index in [0.29, 0.717) is 40.3 Å². The SMILES string of the molecule is Cc1nc(Nc2ccnnc2)c(-c2ccc(OCCc3ccc(F)cc3)c(F)c2)c(N2CCC(C)(C)CC2)c1CC(=O)O. The van der Waals surface area contributed by atoms with E-state index in [2.05, 4.69) is 34.3 Å². The van der Waals surface area contributed by atoms with Gasteiger partial charge in [-0.05, 0) is 66.6 Å². The summed E-state index contributed by atoms with van der Waals surface area (Å²) in [5, 5.41) is 20.9. The van der Waals surface area contributed by atoms with Crippen LogP contribution in [0.4, 0.5) is 26.0 Å². The standard InChI is InChI=1S/C33H35F2N5O3/c1-21-26(19-29(41)42)31(40-15-12-33(2,3)13-16-40)30(32(38-21)39-25-10-14-36-37-20-25)23-6-9-28(27(35)18-23)43-17-11-22-4-7-24(34)8-5-22/h4-10,14,18,20H,11-13,15-17,19H2,1-3H3,(H,41,42)(H,36,38,39). The summed E-state index contributed by atoms with van der Waals surface area (Å²) in [6, 6.07) is 12.6. The first-order valence-corrected chi connectivity index (χ1v) is 14.3. The molecule has 43 heavy (non-hydrogen) atoms. The van der Waals surface area contributed by atoms with Crippen LogP contribution in [0.15, 0.2) is 60.9 Å². The van der Waals surface area contributed by atoms with Crippen molar-refractivity contribution in [3.8, 4) is 16.9 Å². The molecule has 0 amide bonds. The summed E-state index contributed by atoms with van der Waals surface area (Å²) in [5.74, 6) is -1.29. The van der Waals surface area contributed by atoms with Crippen molar-refractivity contribution in [1.82, 2.24) is 15.2 Å². The van der Waals surface area contributed by atoms with Crippen LogP contribution in [0.3, 0.4) is 0 Å². The number of benzene rings is 2. The maximum Gasteiger partial charge on any atom is 0.307 e. The molecular formula is C33H35F2N5O3. The Morgan fingerprint density at radius 3 is 2.47 bits per heavy atom. The summed E-state index contributed by atoms with van der Waals surface area (Å²) in [7, 11) is 0. The van der Waals surface area contributed by atoms with E-state index < -0.39 is 11.8 Å². The molecule has 5 rings (SSSR count). The van der Waals surface area contributed by atoms with E-state index in [-0.39, 0.29) is 30.0 Å². The highest BCUT2D eigenvalue weighted by Gasteiger charge is 2.31. The monoisotopic (exact) mass is 587 g/mol. The van der Waals surface area contributed by atoms with Crippen LogP contribution in [0, 0.1) is 24.0 Å². The van der Waals surface area contributed by atoms with E-state index in [4.69, 9.17) is 9.72 Å². The zero-order valence-electron chi connectivity index (χ0n) is 24.5. The number of nitrogens with one attached hydrogen (secondary N) is 1. The number of hydrogen-bond acceptors (Lipinski definition) is 7. The third-order valence-electron chi connectivity index (χ3n) is 7.87. The van der Waals surface area contributed by atoms with Crippen LogP contribution < -0.4 is 15.0 Å². The molecule has 224 valence electrons. The molecule has 3 heterocycles. The van der Waals surface area contributed by atoms with E-state index in [1.54, 1.807) is 49.6 Å². The Hall–Kier alpha value is -4.60. The number of ether oxygens (including phenoxy) is 1. The van der Waals surface area contributed by atoms with Gasteiger partial charge in [-0.15, -0.1) is 0 Å². The summed E-state index contributed by atoms with van der Waals surface area (Å²) in [6.45, 7) is 7.92. The topological polar surface area (TPSA) is 100 Å². The number of carboxylic acids is 1. The molecule has 1 fully saturated rings. The number of nitrogens with zero attached hydrogens (tertiary/aromatic N) is 4. The molecule has 0 atom stereocenters. The lowest BCUT2D eigenvalue weighted by Gasteiger charge is -2.40. The number of pyridine rings is 1. The maximum atomic E-state index is 15.6. The average molecular weight is 588 g/mol. The summed E-state index contributed by atoms with van der Waals surface area (Å²) in [5.41, 5.74) is 4.74. The Balaban J connectivity index is 1.56. The van der Waals surface area contributed by atoms with E-state index in [1.807, 2.05) is 0 Å². The van der Waals surface area contributed by atoms with E-state index >= 15 is 4.39 Å². The quantitative estimate of drug-likeness (QED) is 0.210. The molecule has 2 aromatic heterocycles. The molecule has 10 heteroatoms. The molecule has 0 bridgehead atoms. The Bertz CT molecular complexity index is 1590. The Morgan fingerprint density at radius 1 is 1.07 bits per heavy atom. The molecular weight excluding hydrogens is 552 g/mol. The van der Waals surface area contributed by atoms with Crippen LogP contribution in [0.25, 0.3) is 11.1 Å². The Kier molecular flexibility index (Phi) is 8.84. The molecule has 2 N–H and O–H groups in total. The van der Waals surface area contributed by atoms with Crippen molar-refractivity contribution in [3.05, 3.63) is 89.4 Å². The molecule has 8 nitrogen and oxygen atoms in total. The van der Waals surface area contributed by atoms with Crippen LogP contribution in [0.1, 0.15) is 43.5 Å². The lowest BCUT2D eigenvalue weighted by atomic mass is 9.82. The number of rotatable bonds is 10. The fourth-order valence-corrected chi connectivity index (χ4v) is 5.34. The van der Waals surface area contributed by atoms with Gasteiger partial charge in [0.2, 0.25) is 0 Å². The van der Waals surface area contributed by atoms with Gasteiger partial charge in [-0.3, -0.25) is 4.79 Å². The van der Waals surface area contributed by atoms with Crippen molar-refractivity contribution in [3.63, 3.8) is 0 Å². The Morgan fingerprint density at radius 2 is 1.81 bits per heavy atom. The zero-order chi connectivity index (χ0) is 30.6. The molecule has 2 aromatic carbocycles. The highest BCUT2D eigenvalue weighted by molar-refractivity contribution is 5.93. The van der Waals surface area contributed by atoms with Gasteiger partial charge in [0.1, 0.15) is 11.6 Å². The van der Waals surface area contributed by atoms with E-state index in [1.165, 1.54) is 18.2 Å². The van der Waals surface area contributed by atoms with Gasteiger partial charge < -0.3 is 20.1 Å². The summed E-state index contributed by atoms with van der Waals surface area (Å²) in [6.07, 6.45) is 5.24. The highest BCUT2D eigenvalue weighted by Crippen LogP contribution is 2.44. The number of piperidine rings is 1. The average Bonchev–Trinajstić information content (AvgIpc) is 2.97. The van der Waals surface area contributed by atoms with Gasteiger partial charge in [0, 0.05) is 36.3 Å². The molecule has 1 aliphatic rings. The fourth-order valence-electron chi connectivity index (χ4n) is 5.34. The number of carboxylic acid groups (broad SMARTS) is 1. The number of aliphatic carboxylic acids is 1. The van der Waals surface area contributed by atoms with Crippen LogP contribution in [-0.2, 0) is 17.6 Å². The third kappa shape index (κ3) is 7.25. The minimum absolute atomic E-state index is 0.0887. The van der Waals surface area contributed by atoms with Crippen molar-refractivity contribution in [2.24, 2.45) is 5.41 Å². The second-order valence-electron chi connectivity index (χ2n) is 11.6. The van der Waals surface area contributed by atoms with Crippen LogP contribution in [0.5, 0.6) is 5.75 Å². The fraction of sp³-hybridized carbons (Fsp3) is 0.333. The van der Waals surface area contributed by atoms with Crippen LogP contribution >= 0.6 is 0 Å². The summed E-state index contributed by atoms with van der Waals surface area (Å²) in [4.78, 5) is 19.0. The van der Waals surface area contributed by atoms with Crippen molar-refractivity contribution in [2.75, 3.05) is 29.9 Å². The second-order valence-corrected chi connectivity index (χ2v) is 11.6. The maximum absolute atomic E-state index is 15.6. The van der Waals surface area contributed by atoms with E-state index in [0.717, 1.165) is 37.2 Å². The first-order valence-electron chi connectivity index (χ1n) is 14.3. The van der Waals surface area contributed by atoms with Gasteiger partial charge in [0.25, 0.3) is 0 Å². The molecule has 0 spiro atoms. The van der Waals surface area contributed by atoms with Crippen LogP contribution in [-0.4, -0.2) is 46.0 Å². The molecule has 1 aliphatic heterocycles. The van der Waals surface area contributed by atoms with Gasteiger partial charge in [0.05, 0.1) is 36.8 Å². The molecule has 1 saturated heterocycles. The molecule has 0 unspecified atom stereocenters. The molecule has 4 aromatic rings. The number of aromatic nitrogens is 3. The van der Waals surface area contributed by atoms with Crippen molar-refractivity contribution in [1.29, 1.82) is 0 Å². The van der Waals surface area contributed by atoms with Gasteiger partial charge in [0.15, 0.2) is 11.6 Å². The molecule has 0 radical (unpaired) electrons. The predicted molar refractivity (Wildman–Crippen MR) is 162 cm³/mol. The van der Waals surface area contributed by atoms with Crippen molar-refractivity contribution in [2.45, 2.75) is 46.5 Å². The van der Waals surface area contributed by atoms with Gasteiger partial charge in [-0.25, -0.2) is 13.8 Å². The van der Waals surface area contributed by atoms with Crippen molar-refractivity contribution < 1.29 is 23.4 Å². The number of carbonyl (C=O) groups is 1. The van der Waals surface area contributed by atoms with Gasteiger partial charge >= 0.3 is 5.97 Å². The minimum atomic E-state index is -0.968. The largest absolute Gasteiger partial charge is 0.490 e. The number of anilines is 3. The first-order chi connectivity index (χ1) is 20.6. The molecule has 0 saturated carbocycles. The van der Waals surface area contributed by atoms with Gasteiger partial charge in [-0.1, -0.05) is 32.0 Å². The normalized spacial score (nSPS) is 14.4.